The predicted octanol–water partition coefficient (Wildman–Crippen LogP) is 4.72. The van der Waals surface area contributed by atoms with E-state index in [1.807, 2.05) is 65.4 Å². The number of carbonyl (C=O) groups is 2. The Kier molecular flexibility index (Phi) is 6.70. The second-order valence-electron chi connectivity index (χ2n) is 8.43. The number of carbonyl (C=O) groups excluding carboxylic acids is 2. The summed E-state index contributed by atoms with van der Waals surface area (Å²) in [6.07, 6.45) is 3.89. The van der Waals surface area contributed by atoms with Gasteiger partial charge in [0.05, 0.1) is 6.04 Å². The van der Waals surface area contributed by atoms with E-state index in [2.05, 4.69) is 16.3 Å². The minimum atomic E-state index is -0.0894. The van der Waals surface area contributed by atoms with Gasteiger partial charge in [-0.15, -0.1) is 0 Å². The Bertz CT molecular complexity index is 1000. The highest BCUT2D eigenvalue weighted by atomic mass is 35.5. The zero-order chi connectivity index (χ0) is 22.7. The Hall–Kier alpha value is -2.99. The molecule has 32 heavy (non-hydrogen) atoms. The van der Waals surface area contributed by atoms with E-state index in [-0.39, 0.29) is 18.0 Å². The molecular formula is C25H29ClN4O2. The number of urea groups is 1. The Labute approximate surface area is 194 Å². The van der Waals surface area contributed by atoms with Gasteiger partial charge in [-0.3, -0.25) is 4.79 Å². The molecule has 1 atom stereocenters. The normalized spacial score (nSPS) is 18.3. The molecule has 4 rings (SSSR count). The summed E-state index contributed by atoms with van der Waals surface area (Å²) in [5.41, 5.74) is 4.29. The minimum Gasteiger partial charge on any atom is -0.369 e. The van der Waals surface area contributed by atoms with Crippen LogP contribution in [-0.4, -0.2) is 61.0 Å². The number of hydrogen-bond acceptors (Lipinski definition) is 3. The molecule has 0 aliphatic carbocycles. The van der Waals surface area contributed by atoms with Crippen molar-refractivity contribution in [2.24, 2.45) is 0 Å². The number of likely N-dealkylation sites (N-methyl/N-ethyl adjacent to an activating group) is 1. The first-order chi connectivity index (χ1) is 15.4. The van der Waals surface area contributed by atoms with Crippen LogP contribution in [0.1, 0.15) is 25.3 Å². The molecular weight excluding hydrogens is 424 g/mol. The van der Waals surface area contributed by atoms with Gasteiger partial charge < -0.3 is 20.0 Å². The molecule has 6 nitrogen and oxygen atoms in total. The molecule has 0 saturated carbocycles. The van der Waals surface area contributed by atoms with Gasteiger partial charge in [0.25, 0.3) is 0 Å². The lowest BCUT2D eigenvalue weighted by Gasteiger charge is -2.27. The molecule has 0 bridgehead atoms. The minimum absolute atomic E-state index is 0.0894. The van der Waals surface area contributed by atoms with Crippen LogP contribution in [0.5, 0.6) is 0 Å². The Balaban J connectivity index is 1.31. The van der Waals surface area contributed by atoms with E-state index in [0.29, 0.717) is 13.1 Å². The van der Waals surface area contributed by atoms with Gasteiger partial charge in [0.15, 0.2) is 0 Å². The maximum absolute atomic E-state index is 12.7. The van der Waals surface area contributed by atoms with Crippen LogP contribution in [0, 0.1) is 0 Å². The van der Waals surface area contributed by atoms with Crippen LogP contribution in [0.2, 0.25) is 5.02 Å². The fraction of sp³-hybridized carbons (Fsp3) is 0.360. The lowest BCUT2D eigenvalue weighted by Crippen LogP contribution is -2.38. The van der Waals surface area contributed by atoms with Gasteiger partial charge in [0.1, 0.15) is 0 Å². The summed E-state index contributed by atoms with van der Waals surface area (Å²) in [6, 6.07) is 15.9. The van der Waals surface area contributed by atoms with Crippen molar-refractivity contribution < 1.29 is 9.59 Å². The van der Waals surface area contributed by atoms with Crippen LogP contribution in [0.3, 0.4) is 0 Å². The van der Waals surface area contributed by atoms with E-state index in [9.17, 15) is 9.59 Å². The summed E-state index contributed by atoms with van der Waals surface area (Å²) >= 11 is 5.97. The van der Waals surface area contributed by atoms with Crippen molar-refractivity contribution in [2.45, 2.75) is 25.8 Å². The molecule has 2 aromatic rings. The van der Waals surface area contributed by atoms with E-state index in [1.165, 1.54) is 5.57 Å². The van der Waals surface area contributed by atoms with Gasteiger partial charge >= 0.3 is 6.03 Å². The van der Waals surface area contributed by atoms with Gasteiger partial charge in [0, 0.05) is 56.5 Å². The first-order valence-electron chi connectivity index (χ1n) is 11.0. The van der Waals surface area contributed by atoms with Gasteiger partial charge in [-0.25, -0.2) is 4.79 Å². The quantitative estimate of drug-likeness (QED) is 0.730. The Morgan fingerprint density at radius 3 is 2.41 bits per heavy atom. The van der Waals surface area contributed by atoms with E-state index in [4.69, 9.17) is 11.6 Å². The first kappa shape index (κ1) is 22.2. The van der Waals surface area contributed by atoms with Gasteiger partial charge in [-0.1, -0.05) is 29.8 Å². The van der Waals surface area contributed by atoms with Gasteiger partial charge in [-0.2, -0.15) is 0 Å². The maximum atomic E-state index is 12.7. The molecule has 168 valence electrons. The van der Waals surface area contributed by atoms with Crippen molar-refractivity contribution in [1.29, 1.82) is 0 Å². The molecule has 0 aromatic heterocycles. The van der Waals surface area contributed by atoms with Crippen LogP contribution < -0.4 is 10.2 Å². The lowest BCUT2D eigenvalue weighted by molar-refractivity contribution is -0.129. The maximum Gasteiger partial charge on any atom is 0.322 e. The molecule has 0 radical (unpaired) electrons. The van der Waals surface area contributed by atoms with Crippen molar-refractivity contribution in [1.82, 2.24) is 9.80 Å². The topological polar surface area (TPSA) is 55.9 Å². The summed E-state index contributed by atoms with van der Waals surface area (Å²) in [5, 5.41) is 3.73. The molecule has 2 aliphatic rings. The van der Waals surface area contributed by atoms with E-state index in [1.54, 1.807) is 6.92 Å². The molecule has 1 fully saturated rings. The predicted molar refractivity (Wildman–Crippen MR) is 130 cm³/mol. The zero-order valence-electron chi connectivity index (χ0n) is 18.6. The second-order valence-corrected chi connectivity index (χ2v) is 8.86. The highest BCUT2D eigenvalue weighted by Gasteiger charge is 2.27. The highest BCUT2D eigenvalue weighted by molar-refractivity contribution is 6.30. The summed E-state index contributed by atoms with van der Waals surface area (Å²) in [7, 11) is 1.86. The molecule has 1 N–H and O–H groups in total. The van der Waals surface area contributed by atoms with Crippen molar-refractivity contribution in [3.8, 4) is 0 Å². The summed E-state index contributed by atoms with van der Waals surface area (Å²) < 4.78 is 0. The SMILES string of the molecule is CC(=O)N(C)C1CCN(c2ccc(NC(=O)N3CC=C(c4ccc(Cl)cc4)CC3)cc2)C1. The number of amides is 3. The molecule has 2 aliphatic heterocycles. The molecule has 2 aromatic carbocycles. The number of halogens is 1. The smallest absolute Gasteiger partial charge is 0.322 e. The molecule has 7 heteroatoms. The number of nitrogens with zero attached hydrogens (tertiary/aromatic N) is 3. The summed E-state index contributed by atoms with van der Waals surface area (Å²) in [4.78, 5) is 30.2. The summed E-state index contributed by atoms with van der Waals surface area (Å²) in [6.45, 7) is 4.62. The fourth-order valence-corrected chi connectivity index (χ4v) is 4.41. The zero-order valence-corrected chi connectivity index (χ0v) is 19.3. The van der Waals surface area contributed by atoms with Gasteiger partial charge in [0.2, 0.25) is 5.91 Å². The summed E-state index contributed by atoms with van der Waals surface area (Å²) in [5.74, 6) is 0.0998. The third kappa shape index (κ3) is 5.07. The Morgan fingerprint density at radius 1 is 1.06 bits per heavy atom. The molecule has 3 amide bonds. The number of nitrogens with one attached hydrogen (secondary N) is 1. The van der Waals surface area contributed by atoms with E-state index >= 15 is 0 Å². The van der Waals surface area contributed by atoms with Crippen molar-refractivity contribution in [3.05, 3.63) is 65.2 Å². The standard InChI is InChI=1S/C25H29ClN4O2/c1-18(31)28(2)24-13-16-30(17-24)23-9-7-22(8-10-23)27-25(32)29-14-11-20(12-15-29)19-3-5-21(26)6-4-19/h3-11,24H,12-17H2,1-2H3,(H,27,32). The molecule has 2 heterocycles. The van der Waals surface area contributed by atoms with Crippen molar-refractivity contribution in [3.63, 3.8) is 0 Å². The van der Waals surface area contributed by atoms with Crippen LogP contribution in [-0.2, 0) is 4.79 Å². The molecule has 1 unspecified atom stereocenters. The third-order valence-corrected chi connectivity index (χ3v) is 6.65. The van der Waals surface area contributed by atoms with Crippen LogP contribution in [0.4, 0.5) is 16.2 Å². The monoisotopic (exact) mass is 452 g/mol. The van der Waals surface area contributed by atoms with Crippen molar-refractivity contribution >= 4 is 40.5 Å². The molecule has 0 spiro atoms. The van der Waals surface area contributed by atoms with Crippen molar-refractivity contribution in [2.75, 3.05) is 43.4 Å². The number of benzene rings is 2. The fourth-order valence-electron chi connectivity index (χ4n) is 4.29. The lowest BCUT2D eigenvalue weighted by atomic mass is 10.00. The Morgan fingerprint density at radius 2 is 1.78 bits per heavy atom. The van der Waals surface area contributed by atoms with E-state index < -0.39 is 0 Å². The largest absolute Gasteiger partial charge is 0.369 e. The number of anilines is 2. The van der Waals surface area contributed by atoms with Crippen LogP contribution in [0.15, 0.2) is 54.6 Å². The molecule has 1 saturated heterocycles. The van der Waals surface area contributed by atoms with E-state index in [0.717, 1.165) is 47.9 Å². The van der Waals surface area contributed by atoms with Crippen LogP contribution >= 0.6 is 11.6 Å². The van der Waals surface area contributed by atoms with Crippen LogP contribution in [0.25, 0.3) is 5.57 Å². The number of rotatable bonds is 4. The number of hydrogen-bond donors (Lipinski definition) is 1. The highest BCUT2D eigenvalue weighted by Crippen LogP contribution is 2.26. The second kappa shape index (κ2) is 9.65. The van der Waals surface area contributed by atoms with Gasteiger partial charge in [-0.05, 0) is 60.4 Å². The third-order valence-electron chi connectivity index (χ3n) is 6.40. The average Bonchev–Trinajstić information content (AvgIpc) is 3.30. The first-order valence-corrected chi connectivity index (χ1v) is 11.4. The average molecular weight is 453 g/mol.